The lowest BCUT2D eigenvalue weighted by atomic mass is 9.73. The molecule has 2 aromatic carbocycles. The first-order valence-electron chi connectivity index (χ1n) is 6.70. The average Bonchev–Trinajstić information content (AvgIpc) is 2.38. The Hall–Kier alpha value is -1.56. The van der Waals surface area contributed by atoms with Gasteiger partial charge in [-0.3, -0.25) is 0 Å². The highest BCUT2D eigenvalue weighted by Crippen LogP contribution is 2.35. The van der Waals surface area contributed by atoms with Crippen molar-refractivity contribution in [3.05, 3.63) is 70.8 Å². The lowest BCUT2D eigenvalue weighted by Gasteiger charge is -2.30. The van der Waals surface area contributed by atoms with Crippen LogP contribution in [0, 0.1) is 13.8 Å². The van der Waals surface area contributed by atoms with E-state index in [2.05, 4.69) is 76.2 Å². The van der Waals surface area contributed by atoms with Crippen LogP contribution >= 0.6 is 0 Å². The van der Waals surface area contributed by atoms with Gasteiger partial charge < -0.3 is 0 Å². The smallest absolute Gasteiger partial charge is 0.0172 e. The van der Waals surface area contributed by atoms with Gasteiger partial charge in [0.05, 0.1) is 0 Å². The van der Waals surface area contributed by atoms with Crippen LogP contribution in [0.1, 0.15) is 42.5 Å². The number of hydrogen-bond acceptors (Lipinski definition) is 0. The molecule has 0 saturated heterocycles. The highest BCUT2D eigenvalue weighted by Gasteiger charge is 2.26. The van der Waals surface area contributed by atoms with E-state index in [1.165, 1.54) is 22.3 Å². The van der Waals surface area contributed by atoms with E-state index in [-0.39, 0.29) is 5.41 Å². The monoisotopic (exact) mass is 238 g/mol. The van der Waals surface area contributed by atoms with Gasteiger partial charge in [0.25, 0.3) is 0 Å². The largest absolute Gasteiger partial charge is 0.0642 e. The Morgan fingerprint density at radius 2 is 1.28 bits per heavy atom. The molecule has 2 rings (SSSR count). The van der Waals surface area contributed by atoms with Gasteiger partial charge in [0, 0.05) is 5.41 Å². The molecule has 0 N–H and O–H groups in total. The second-order valence-electron chi connectivity index (χ2n) is 5.42. The minimum Gasteiger partial charge on any atom is -0.0642 e. The second-order valence-corrected chi connectivity index (χ2v) is 5.42. The molecular formula is C18H22. The Morgan fingerprint density at radius 1 is 0.833 bits per heavy atom. The molecule has 0 heterocycles. The van der Waals surface area contributed by atoms with E-state index in [4.69, 9.17) is 0 Å². The lowest BCUT2D eigenvalue weighted by Crippen LogP contribution is -2.22. The van der Waals surface area contributed by atoms with E-state index in [1.807, 2.05) is 0 Å². The van der Waals surface area contributed by atoms with E-state index in [1.54, 1.807) is 0 Å². The molecule has 0 radical (unpaired) electrons. The van der Waals surface area contributed by atoms with Gasteiger partial charge in [-0.25, -0.2) is 0 Å². The molecular weight excluding hydrogens is 216 g/mol. The molecule has 0 bridgehead atoms. The molecule has 2 aromatic rings. The lowest BCUT2D eigenvalue weighted by molar-refractivity contribution is 0.549. The quantitative estimate of drug-likeness (QED) is 0.704. The van der Waals surface area contributed by atoms with Crippen molar-refractivity contribution in [1.82, 2.24) is 0 Å². The topological polar surface area (TPSA) is 0 Å². The maximum Gasteiger partial charge on any atom is 0.0172 e. The standard InChI is InChI=1S/C18H22/c1-5-18(4,16-10-6-8-14(2)12-16)17-11-7-9-15(3)13-17/h6-13H,5H2,1-4H3. The van der Waals surface area contributed by atoms with Gasteiger partial charge in [-0.05, 0) is 31.4 Å². The highest BCUT2D eigenvalue weighted by atomic mass is 14.3. The van der Waals surface area contributed by atoms with Crippen molar-refractivity contribution in [2.45, 2.75) is 39.5 Å². The third kappa shape index (κ3) is 2.33. The number of benzene rings is 2. The zero-order valence-corrected chi connectivity index (χ0v) is 11.8. The summed E-state index contributed by atoms with van der Waals surface area (Å²) < 4.78 is 0. The fraction of sp³-hybridized carbons (Fsp3) is 0.333. The van der Waals surface area contributed by atoms with Crippen molar-refractivity contribution in [2.24, 2.45) is 0 Å². The van der Waals surface area contributed by atoms with Crippen molar-refractivity contribution in [1.29, 1.82) is 0 Å². The van der Waals surface area contributed by atoms with Gasteiger partial charge in [0.2, 0.25) is 0 Å². The van der Waals surface area contributed by atoms with Crippen LogP contribution in [0.2, 0.25) is 0 Å². The Kier molecular flexibility index (Phi) is 3.56. The molecule has 0 aliphatic rings. The van der Waals surface area contributed by atoms with Crippen LogP contribution in [-0.2, 0) is 5.41 Å². The fourth-order valence-electron chi connectivity index (χ4n) is 2.55. The van der Waals surface area contributed by atoms with Crippen LogP contribution in [-0.4, -0.2) is 0 Å². The minimum atomic E-state index is 0.109. The SMILES string of the molecule is CCC(C)(c1cccc(C)c1)c1cccc(C)c1. The highest BCUT2D eigenvalue weighted by molar-refractivity contribution is 5.41. The van der Waals surface area contributed by atoms with Crippen LogP contribution in [0.15, 0.2) is 48.5 Å². The zero-order valence-electron chi connectivity index (χ0n) is 11.8. The molecule has 0 nitrogen and oxygen atoms in total. The predicted molar refractivity (Wildman–Crippen MR) is 79.1 cm³/mol. The summed E-state index contributed by atoms with van der Waals surface area (Å²) in [6, 6.07) is 17.8. The molecule has 0 spiro atoms. The van der Waals surface area contributed by atoms with Gasteiger partial charge in [-0.15, -0.1) is 0 Å². The van der Waals surface area contributed by atoms with Crippen LogP contribution in [0.4, 0.5) is 0 Å². The molecule has 0 atom stereocenters. The van der Waals surface area contributed by atoms with Gasteiger partial charge >= 0.3 is 0 Å². The molecule has 18 heavy (non-hydrogen) atoms. The Bertz CT molecular complexity index is 492. The molecule has 0 aliphatic heterocycles. The third-order valence-electron chi connectivity index (χ3n) is 4.02. The maximum atomic E-state index is 2.34. The van der Waals surface area contributed by atoms with E-state index in [0.29, 0.717) is 0 Å². The molecule has 0 aliphatic carbocycles. The van der Waals surface area contributed by atoms with Gasteiger partial charge in [0.1, 0.15) is 0 Å². The molecule has 0 fully saturated rings. The summed E-state index contributed by atoms with van der Waals surface area (Å²) in [5.74, 6) is 0. The molecule has 0 unspecified atom stereocenters. The van der Waals surface area contributed by atoms with Crippen molar-refractivity contribution in [2.75, 3.05) is 0 Å². The van der Waals surface area contributed by atoms with Crippen LogP contribution < -0.4 is 0 Å². The normalized spacial score (nSPS) is 11.6. The number of rotatable bonds is 3. The Balaban J connectivity index is 2.54. The Morgan fingerprint density at radius 3 is 1.61 bits per heavy atom. The first-order chi connectivity index (χ1) is 8.56. The molecule has 0 heteroatoms. The molecule has 94 valence electrons. The summed E-state index contributed by atoms with van der Waals surface area (Å²) in [5, 5.41) is 0. The number of hydrogen-bond donors (Lipinski definition) is 0. The Labute approximate surface area is 111 Å². The predicted octanol–water partition coefficient (Wildman–Crippen LogP) is 5.02. The molecule has 0 saturated carbocycles. The van der Waals surface area contributed by atoms with Crippen molar-refractivity contribution in [3.63, 3.8) is 0 Å². The van der Waals surface area contributed by atoms with Crippen molar-refractivity contribution >= 4 is 0 Å². The van der Waals surface area contributed by atoms with Crippen molar-refractivity contribution < 1.29 is 0 Å². The maximum absolute atomic E-state index is 2.34. The van der Waals surface area contributed by atoms with E-state index in [9.17, 15) is 0 Å². The van der Waals surface area contributed by atoms with E-state index in [0.717, 1.165) is 6.42 Å². The summed E-state index contributed by atoms with van der Waals surface area (Å²) in [7, 11) is 0. The minimum absolute atomic E-state index is 0.109. The molecule has 0 aromatic heterocycles. The van der Waals surface area contributed by atoms with Gasteiger partial charge in [-0.1, -0.05) is 73.5 Å². The number of aryl methyl sites for hydroxylation is 2. The second kappa shape index (κ2) is 4.97. The summed E-state index contributed by atoms with van der Waals surface area (Å²) >= 11 is 0. The molecule has 0 amide bonds. The third-order valence-corrected chi connectivity index (χ3v) is 4.02. The summed E-state index contributed by atoms with van der Waals surface area (Å²) in [4.78, 5) is 0. The average molecular weight is 238 g/mol. The van der Waals surface area contributed by atoms with E-state index < -0.39 is 0 Å². The first kappa shape index (κ1) is 12.9. The van der Waals surface area contributed by atoms with Gasteiger partial charge in [-0.2, -0.15) is 0 Å². The summed E-state index contributed by atoms with van der Waals surface area (Å²) in [6.45, 7) is 8.94. The van der Waals surface area contributed by atoms with Gasteiger partial charge in [0.15, 0.2) is 0 Å². The zero-order chi connectivity index (χ0) is 13.2. The summed E-state index contributed by atoms with van der Waals surface area (Å²) in [6.07, 6.45) is 1.11. The van der Waals surface area contributed by atoms with Crippen molar-refractivity contribution in [3.8, 4) is 0 Å². The van der Waals surface area contributed by atoms with Crippen LogP contribution in [0.25, 0.3) is 0 Å². The van der Waals surface area contributed by atoms with Crippen LogP contribution in [0.5, 0.6) is 0 Å². The first-order valence-corrected chi connectivity index (χ1v) is 6.70. The van der Waals surface area contributed by atoms with Crippen LogP contribution in [0.3, 0.4) is 0 Å². The summed E-state index contributed by atoms with van der Waals surface area (Å²) in [5.41, 5.74) is 5.60. The van der Waals surface area contributed by atoms with E-state index >= 15 is 0 Å². The fourth-order valence-corrected chi connectivity index (χ4v) is 2.55.